The highest BCUT2D eigenvalue weighted by Gasteiger charge is 2.11. The van der Waals surface area contributed by atoms with E-state index >= 15 is 0 Å². The molecule has 156 valence electrons. The number of anilines is 3. The highest BCUT2D eigenvalue weighted by Crippen LogP contribution is 2.17. The number of rotatable bonds is 9. The van der Waals surface area contributed by atoms with Crippen molar-refractivity contribution in [2.75, 3.05) is 17.6 Å². The van der Waals surface area contributed by atoms with Gasteiger partial charge in [-0.2, -0.15) is 15.0 Å². The standard InChI is InChI=1S/C20H22N6O4/c1-13-6-2-3-7-14(13)23-20-25-16(24-19(21)26-20)12-30-17(27)9-4-10-22-18(28)15-8-5-11-29-15/h2-3,5-8,11H,4,9-10,12H2,1H3,(H,22,28)(H3,21,23,24,25,26). The Hall–Kier alpha value is -3.95. The molecule has 2 heterocycles. The first kappa shape index (κ1) is 20.8. The highest BCUT2D eigenvalue weighted by molar-refractivity contribution is 5.91. The largest absolute Gasteiger partial charge is 0.459 e. The number of nitrogens with two attached hydrogens (primary N) is 1. The van der Waals surface area contributed by atoms with Crippen LogP contribution in [-0.4, -0.2) is 33.4 Å². The number of nitrogens with one attached hydrogen (secondary N) is 2. The van der Waals surface area contributed by atoms with E-state index in [0.29, 0.717) is 13.0 Å². The maximum atomic E-state index is 11.9. The first-order valence-electron chi connectivity index (χ1n) is 9.31. The van der Waals surface area contributed by atoms with E-state index in [1.807, 2.05) is 31.2 Å². The zero-order valence-electron chi connectivity index (χ0n) is 16.4. The Morgan fingerprint density at radius 3 is 2.73 bits per heavy atom. The van der Waals surface area contributed by atoms with Crippen molar-refractivity contribution >= 4 is 29.5 Å². The zero-order chi connectivity index (χ0) is 21.3. The van der Waals surface area contributed by atoms with Crippen LogP contribution >= 0.6 is 0 Å². The molecule has 30 heavy (non-hydrogen) atoms. The summed E-state index contributed by atoms with van der Waals surface area (Å²) in [5, 5.41) is 5.73. The van der Waals surface area contributed by atoms with Crippen LogP contribution in [0.5, 0.6) is 0 Å². The third-order valence-electron chi connectivity index (χ3n) is 4.04. The number of hydrogen-bond donors (Lipinski definition) is 3. The van der Waals surface area contributed by atoms with Crippen molar-refractivity contribution in [2.45, 2.75) is 26.4 Å². The van der Waals surface area contributed by atoms with Crippen molar-refractivity contribution in [1.82, 2.24) is 20.3 Å². The maximum absolute atomic E-state index is 11.9. The van der Waals surface area contributed by atoms with Gasteiger partial charge in [0, 0.05) is 18.7 Å². The fourth-order valence-electron chi connectivity index (χ4n) is 2.54. The molecule has 10 heteroatoms. The molecule has 0 unspecified atom stereocenters. The number of hydrogen-bond acceptors (Lipinski definition) is 9. The van der Waals surface area contributed by atoms with Crippen molar-refractivity contribution in [2.24, 2.45) is 0 Å². The normalized spacial score (nSPS) is 10.4. The third kappa shape index (κ3) is 6.03. The lowest BCUT2D eigenvalue weighted by atomic mass is 10.2. The first-order valence-corrected chi connectivity index (χ1v) is 9.31. The molecule has 0 radical (unpaired) electrons. The first-order chi connectivity index (χ1) is 14.5. The van der Waals surface area contributed by atoms with Crippen LogP contribution < -0.4 is 16.4 Å². The van der Waals surface area contributed by atoms with Crippen molar-refractivity contribution in [3.05, 3.63) is 59.8 Å². The van der Waals surface area contributed by atoms with E-state index in [1.165, 1.54) is 6.26 Å². The van der Waals surface area contributed by atoms with Crippen LogP contribution in [0, 0.1) is 6.92 Å². The number of esters is 1. The molecule has 0 aliphatic rings. The SMILES string of the molecule is Cc1ccccc1Nc1nc(N)nc(COC(=O)CCCNC(=O)c2ccco2)n1. The molecule has 0 bridgehead atoms. The third-order valence-corrected chi connectivity index (χ3v) is 4.04. The fourth-order valence-corrected chi connectivity index (χ4v) is 2.54. The number of benzene rings is 1. The molecule has 1 amide bonds. The van der Waals surface area contributed by atoms with E-state index in [-0.39, 0.29) is 42.4 Å². The predicted molar refractivity (Wildman–Crippen MR) is 109 cm³/mol. The average molecular weight is 410 g/mol. The van der Waals surface area contributed by atoms with E-state index in [2.05, 4.69) is 25.6 Å². The van der Waals surface area contributed by atoms with Crippen molar-refractivity contribution < 1.29 is 18.7 Å². The second kappa shape index (κ2) is 10.0. The summed E-state index contributed by atoms with van der Waals surface area (Å²) in [4.78, 5) is 35.9. The van der Waals surface area contributed by atoms with Crippen LogP contribution in [0.3, 0.4) is 0 Å². The maximum Gasteiger partial charge on any atom is 0.306 e. The van der Waals surface area contributed by atoms with Gasteiger partial charge in [0.1, 0.15) is 0 Å². The lowest BCUT2D eigenvalue weighted by Crippen LogP contribution is -2.24. The topological polar surface area (TPSA) is 145 Å². The minimum Gasteiger partial charge on any atom is -0.459 e. The van der Waals surface area contributed by atoms with Gasteiger partial charge >= 0.3 is 5.97 Å². The molecular weight excluding hydrogens is 388 g/mol. The average Bonchev–Trinajstić information content (AvgIpc) is 3.26. The molecule has 3 rings (SSSR count). The van der Waals surface area contributed by atoms with Crippen molar-refractivity contribution in [1.29, 1.82) is 0 Å². The highest BCUT2D eigenvalue weighted by atomic mass is 16.5. The van der Waals surface area contributed by atoms with E-state index in [4.69, 9.17) is 14.9 Å². The number of carbonyl (C=O) groups is 2. The molecule has 0 aliphatic heterocycles. The molecular formula is C20H22N6O4. The summed E-state index contributed by atoms with van der Waals surface area (Å²) in [6.07, 6.45) is 1.97. The van der Waals surface area contributed by atoms with Gasteiger partial charge in [0.05, 0.1) is 6.26 Å². The van der Waals surface area contributed by atoms with Gasteiger partial charge in [-0.15, -0.1) is 0 Å². The molecule has 1 aromatic carbocycles. The van der Waals surface area contributed by atoms with Crippen molar-refractivity contribution in [3.8, 4) is 0 Å². The number of para-hydroxylation sites is 1. The lowest BCUT2D eigenvalue weighted by Gasteiger charge is -2.10. The number of amides is 1. The van der Waals surface area contributed by atoms with Crippen molar-refractivity contribution in [3.63, 3.8) is 0 Å². The number of aromatic nitrogens is 3. The van der Waals surface area contributed by atoms with E-state index < -0.39 is 5.97 Å². The van der Waals surface area contributed by atoms with Crippen LogP contribution in [0.4, 0.5) is 17.6 Å². The van der Waals surface area contributed by atoms with Crippen LogP contribution in [0.1, 0.15) is 34.8 Å². The van der Waals surface area contributed by atoms with Gasteiger partial charge < -0.3 is 25.5 Å². The molecule has 4 N–H and O–H groups in total. The molecule has 0 saturated heterocycles. The summed E-state index contributed by atoms with van der Waals surface area (Å²) in [6.45, 7) is 2.14. The second-order valence-electron chi connectivity index (χ2n) is 6.37. The zero-order valence-corrected chi connectivity index (χ0v) is 16.4. The number of nitrogen functional groups attached to an aromatic ring is 1. The quantitative estimate of drug-likeness (QED) is 0.357. The minimum atomic E-state index is -0.436. The summed E-state index contributed by atoms with van der Waals surface area (Å²) in [5.41, 5.74) is 7.59. The molecule has 3 aromatic rings. The number of furan rings is 1. The second-order valence-corrected chi connectivity index (χ2v) is 6.37. The van der Waals surface area contributed by atoms with E-state index in [0.717, 1.165) is 11.3 Å². The van der Waals surface area contributed by atoms with Crippen LogP contribution in [0.15, 0.2) is 47.1 Å². The summed E-state index contributed by atoms with van der Waals surface area (Å²) in [6, 6.07) is 10.8. The Labute approximate surface area is 172 Å². The predicted octanol–water partition coefficient (Wildman–Crippen LogP) is 2.35. The monoisotopic (exact) mass is 410 g/mol. The Kier molecular flexibility index (Phi) is 6.93. The molecule has 0 atom stereocenters. The summed E-state index contributed by atoms with van der Waals surface area (Å²) in [5.74, 6) is -0.0215. The number of carbonyl (C=O) groups excluding carboxylic acids is 2. The minimum absolute atomic E-state index is 0.0211. The van der Waals surface area contributed by atoms with E-state index in [9.17, 15) is 9.59 Å². The molecule has 10 nitrogen and oxygen atoms in total. The van der Waals surface area contributed by atoms with Crippen LogP contribution in [-0.2, 0) is 16.1 Å². The molecule has 0 saturated carbocycles. The number of aryl methyl sites for hydroxylation is 1. The molecule has 2 aromatic heterocycles. The Morgan fingerprint density at radius 1 is 1.13 bits per heavy atom. The lowest BCUT2D eigenvalue weighted by molar-refractivity contribution is -0.145. The summed E-state index contributed by atoms with van der Waals surface area (Å²) >= 11 is 0. The Bertz CT molecular complexity index is 1010. The van der Waals surface area contributed by atoms with Gasteiger partial charge in [-0.1, -0.05) is 18.2 Å². The number of nitrogens with zero attached hydrogens (tertiary/aromatic N) is 3. The van der Waals surface area contributed by atoms with Gasteiger partial charge in [-0.25, -0.2) is 0 Å². The van der Waals surface area contributed by atoms with Crippen LogP contribution in [0.2, 0.25) is 0 Å². The Morgan fingerprint density at radius 2 is 1.97 bits per heavy atom. The molecule has 0 spiro atoms. The number of ether oxygens (including phenoxy) is 1. The summed E-state index contributed by atoms with van der Waals surface area (Å²) < 4.78 is 10.2. The Balaban J connectivity index is 1.44. The van der Waals surface area contributed by atoms with E-state index in [1.54, 1.807) is 12.1 Å². The smallest absolute Gasteiger partial charge is 0.306 e. The van der Waals surface area contributed by atoms with Gasteiger partial charge in [0.25, 0.3) is 5.91 Å². The van der Waals surface area contributed by atoms with Gasteiger partial charge in [0.2, 0.25) is 11.9 Å². The van der Waals surface area contributed by atoms with Gasteiger partial charge in [-0.3, -0.25) is 9.59 Å². The summed E-state index contributed by atoms with van der Waals surface area (Å²) in [7, 11) is 0. The fraction of sp³-hybridized carbons (Fsp3) is 0.250. The van der Waals surface area contributed by atoms with Gasteiger partial charge in [0.15, 0.2) is 18.2 Å². The molecule has 0 aliphatic carbocycles. The van der Waals surface area contributed by atoms with Crippen LogP contribution in [0.25, 0.3) is 0 Å². The molecule has 0 fully saturated rings. The van der Waals surface area contributed by atoms with Gasteiger partial charge in [-0.05, 0) is 37.1 Å².